The fraction of sp³-hybridized carbons (Fsp3) is 0.631. The lowest BCUT2D eigenvalue weighted by Gasteiger charge is -2.40. The van der Waals surface area contributed by atoms with Crippen LogP contribution in [-0.2, 0) is 42.9 Å². The Bertz CT molecular complexity index is 1800. The number of esters is 3. The van der Waals surface area contributed by atoms with Crippen molar-refractivity contribution in [1.82, 2.24) is 0 Å². The molecule has 1 aliphatic heterocycles. The lowest BCUT2D eigenvalue weighted by molar-refractivity contribution is -0.301. The standard InChI is InChI=1S/C65H102O12/c1-4-7-10-13-16-19-22-25-28-29-32-35-38-41-44-47-50-53-59(68)76-63-61(70)60(69)62(64(71)72)77-65(63)74-55-56(75-58(67)52-49-46-43-40-37-34-31-27-24-21-18-15-12-9-6-3)54-73-57(66)51-48-45-42-39-36-33-30-26-23-20-17-14-11-8-5-2/h7-8,10-11,16-17,19-20,25-26,28,30,32,35-36,39,41,44-45,48,56,60-63,65,69-70H,4-6,9,12-15,18,21-24,27,29,31,33-34,37-38,40,42-43,46-47,49-55H2,1-3H3,(H,71,72)/b10-7-,11-8-,19-16-,20-17-,28-25-,30-26-,35-32-,39-36-,44-41-,48-45-. The van der Waals surface area contributed by atoms with Crippen molar-refractivity contribution in [2.45, 2.75) is 250 Å². The Labute approximate surface area is 465 Å². The summed E-state index contributed by atoms with van der Waals surface area (Å²) in [5.41, 5.74) is 0. The Balaban J connectivity index is 2.78. The van der Waals surface area contributed by atoms with Gasteiger partial charge in [-0.3, -0.25) is 14.4 Å². The van der Waals surface area contributed by atoms with E-state index in [0.29, 0.717) is 25.7 Å². The van der Waals surface area contributed by atoms with E-state index < -0.39 is 67.3 Å². The molecule has 0 radical (unpaired) electrons. The van der Waals surface area contributed by atoms with Gasteiger partial charge in [-0.05, 0) is 83.5 Å². The third-order valence-electron chi connectivity index (χ3n) is 12.6. The number of ether oxygens (including phenoxy) is 5. The van der Waals surface area contributed by atoms with Gasteiger partial charge in [0, 0.05) is 12.8 Å². The average Bonchev–Trinajstić information content (AvgIpc) is 3.43. The van der Waals surface area contributed by atoms with Gasteiger partial charge in [0.2, 0.25) is 0 Å². The number of aliphatic hydroxyl groups excluding tert-OH is 2. The minimum Gasteiger partial charge on any atom is -0.479 e. The summed E-state index contributed by atoms with van der Waals surface area (Å²) >= 11 is 0. The molecule has 434 valence electrons. The van der Waals surface area contributed by atoms with Gasteiger partial charge in [0.1, 0.15) is 18.8 Å². The van der Waals surface area contributed by atoms with Gasteiger partial charge in [-0.25, -0.2) is 4.79 Å². The van der Waals surface area contributed by atoms with E-state index in [2.05, 4.69) is 112 Å². The summed E-state index contributed by atoms with van der Waals surface area (Å²) < 4.78 is 28.2. The Morgan fingerprint density at radius 3 is 1.30 bits per heavy atom. The van der Waals surface area contributed by atoms with E-state index in [9.17, 15) is 34.5 Å². The van der Waals surface area contributed by atoms with Gasteiger partial charge in [-0.1, -0.05) is 232 Å². The second kappa shape index (κ2) is 51.9. The molecule has 1 saturated heterocycles. The number of hydrogen-bond acceptors (Lipinski definition) is 11. The van der Waals surface area contributed by atoms with E-state index in [1.54, 1.807) is 6.08 Å². The summed E-state index contributed by atoms with van der Waals surface area (Å²) in [5, 5.41) is 31.5. The maximum Gasteiger partial charge on any atom is 0.335 e. The van der Waals surface area contributed by atoms with E-state index in [-0.39, 0.29) is 25.9 Å². The highest BCUT2D eigenvalue weighted by Gasteiger charge is 2.50. The predicted octanol–water partition coefficient (Wildman–Crippen LogP) is 15.2. The van der Waals surface area contributed by atoms with Crippen LogP contribution in [0.4, 0.5) is 0 Å². The van der Waals surface area contributed by atoms with E-state index in [4.69, 9.17) is 23.7 Å². The molecule has 1 heterocycles. The molecule has 0 aromatic carbocycles. The third-order valence-corrected chi connectivity index (χ3v) is 12.6. The van der Waals surface area contributed by atoms with Gasteiger partial charge >= 0.3 is 23.9 Å². The minimum atomic E-state index is -1.94. The fourth-order valence-electron chi connectivity index (χ4n) is 8.12. The number of carboxylic acid groups (broad SMARTS) is 1. The summed E-state index contributed by atoms with van der Waals surface area (Å²) in [7, 11) is 0. The van der Waals surface area contributed by atoms with Crippen molar-refractivity contribution in [3.05, 3.63) is 122 Å². The molecule has 77 heavy (non-hydrogen) atoms. The highest BCUT2D eigenvalue weighted by Crippen LogP contribution is 2.26. The molecule has 1 aliphatic rings. The fourth-order valence-corrected chi connectivity index (χ4v) is 8.12. The van der Waals surface area contributed by atoms with Crippen molar-refractivity contribution in [3.63, 3.8) is 0 Å². The number of aliphatic carboxylic acids is 1. The zero-order valence-electron chi connectivity index (χ0n) is 47.7. The molecule has 1 rings (SSSR count). The maximum atomic E-state index is 13.1. The number of carbonyl (C=O) groups is 4. The van der Waals surface area contributed by atoms with Crippen LogP contribution < -0.4 is 0 Å². The molecule has 12 nitrogen and oxygen atoms in total. The summed E-state index contributed by atoms with van der Waals surface area (Å²) in [6, 6.07) is 0. The van der Waals surface area contributed by atoms with E-state index in [0.717, 1.165) is 77.0 Å². The Kier molecular flexibility index (Phi) is 47.2. The number of unbranched alkanes of at least 4 members (excludes halogenated alkanes) is 15. The molecule has 1 fully saturated rings. The number of allylic oxidation sites excluding steroid dienone is 19. The van der Waals surface area contributed by atoms with Crippen LogP contribution in [0.3, 0.4) is 0 Å². The molecular formula is C65H102O12. The summed E-state index contributed by atoms with van der Waals surface area (Å²) in [5.74, 6) is -3.37. The SMILES string of the molecule is CC/C=C\C/C=C\C/C=C\C/C=C\C/C=C\CCCC(=O)OC1C(OCC(COC(=O)C/C=C\C/C=C\C/C=C\C/C=C\C/C=C\CC)OC(=O)CCCCCCCCCCCCCCCCC)OC(C(=O)O)C(O)C1O. The summed E-state index contributed by atoms with van der Waals surface area (Å²) in [4.78, 5) is 51.1. The van der Waals surface area contributed by atoms with Crippen molar-refractivity contribution in [2.75, 3.05) is 13.2 Å². The van der Waals surface area contributed by atoms with Crippen LogP contribution in [0.1, 0.15) is 213 Å². The second-order valence-corrected chi connectivity index (χ2v) is 19.5. The Morgan fingerprint density at radius 1 is 0.455 bits per heavy atom. The summed E-state index contributed by atoms with van der Waals surface area (Å²) in [6.45, 7) is 5.64. The molecule has 0 aromatic heterocycles. The molecule has 12 heteroatoms. The normalized spacial score (nSPS) is 18.9. The predicted molar refractivity (Wildman–Crippen MR) is 312 cm³/mol. The van der Waals surface area contributed by atoms with E-state index >= 15 is 0 Å². The van der Waals surface area contributed by atoms with E-state index in [1.165, 1.54) is 70.6 Å². The van der Waals surface area contributed by atoms with Crippen molar-refractivity contribution in [1.29, 1.82) is 0 Å². The smallest absolute Gasteiger partial charge is 0.335 e. The molecule has 0 spiro atoms. The highest BCUT2D eigenvalue weighted by molar-refractivity contribution is 5.74. The lowest BCUT2D eigenvalue weighted by atomic mass is 9.98. The monoisotopic (exact) mass is 1070 g/mol. The van der Waals surface area contributed by atoms with Gasteiger partial charge in [0.05, 0.1) is 13.0 Å². The van der Waals surface area contributed by atoms with Gasteiger partial charge in [-0.15, -0.1) is 0 Å². The third kappa shape index (κ3) is 41.8. The molecule has 0 aliphatic carbocycles. The van der Waals surface area contributed by atoms with Crippen LogP contribution in [0.25, 0.3) is 0 Å². The van der Waals surface area contributed by atoms with E-state index in [1.807, 2.05) is 24.3 Å². The highest BCUT2D eigenvalue weighted by atomic mass is 16.7. The van der Waals surface area contributed by atoms with Crippen molar-refractivity contribution >= 4 is 23.9 Å². The zero-order chi connectivity index (χ0) is 56.1. The van der Waals surface area contributed by atoms with Gasteiger partial charge in [0.15, 0.2) is 24.6 Å². The van der Waals surface area contributed by atoms with Crippen LogP contribution in [0.15, 0.2) is 122 Å². The first kappa shape index (κ1) is 70.1. The van der Waals surface area contributed by atoms with Gasteiger partial charge in [0.25, 0.3) is 0 Å². The first-order valence-corrected chi connectivity index (χ1v) is 29.5. The van der Waals surface area contributed by atoms with Gasteiger partial charge < -0.3 is 39.0 Å². The molecular weight excluding hydrogens is 973 g/mol. The molecule has 6 atom stereocenters. The number of aliphatic hydroxyl groups is 2. The van der Waals surface area contributed by atoms with Crippen LogP contribution in [0, 0.1) is 0 Å². The number of hydrogen-bond donors (Lipinski definition) is 3. The molecule has 0 saturated carbocycles. The van der Waals surface area contributed by atoms with Crippen molar-refractivity contribution in [3.8, 4) is 0 Å². The first-order valence-electron chi connectivity index (χ1n) is 29.5. The number of carboxylic acids is 1. The Hall–Kier alpha value is -4.88. The summed E-state index contributed by atoms with van der Waals surface area (Å²) in [6.07, 6.45) is 59.1. The average molecular weight is 1080 g/mol. The van der Waals surface area contributed by atoms with Crippen LogP contribution in [0.2, 0.25) is 0 Å². The van der Waals surface area contributed by atoms with Gasteiger partial charge in [-0.2, -0.15) is 0 Å². The number of rotatable bonds is 48. The Morgan fingerprint density at radius 2 is 0.857 bits per heavy atom. The molecule has 0 bridgehead atoms. The zero-order valence-corrected chi connectivity index (χ0v) is 47.7. The molecule has 0 aromatic rings. The van der Waals surface area contributed by atoms with Crippen molar-refractivity contribution in [2.24, 2.45) is 0 Å². The first-order chi connectivity index (χ1) is 37.6. The molecule has 6 unspecified atom stereocenters. The maximum absolute atomic E-state index is 13.1. The number of carbonyl (C=O) groups excluding carboxylic acids is 3. The molecule has 3 N–H and O–H groups in total. The van der Waals surface area contributed by atoms with Crippen LogP contribution in [-0.4, -0.2) is 89.2 Å². The lowest BCUT2D eigenvalue weighted by Crippen LogP contribution is -2.61. The minimum absolute atomic E-state index is 0.0244. The molecule has 0 amide bonds. The van der Waals surface area contributed by atoms with Crippen LogP contribution in [0.5, 0.6) is 0 Å². The largest absolute Gasteiger partial charge is 0.479 e. The second-order valence-electron chi connectivity index (χ2n) is 19.5. The topological polar surface area (TPSA) is 175 Å². The quantitative estimate of drug-likeness (QED) is 0.0228. The van der Waals surface area contributed by atoms with Crippen molar-refractivity contribution < 1.29 is 58.2 Å². The van der Waals surface area contributed by atoms with Crippen LogP contribution >= 0.6 is 0 Å².